The van der Waals surface area contributed by atoms with E-state index in [1.165, 1.54) is 0 Å². The molecule has 0 saturated carbocycles. The SMILES string of the molecule is C=CC(=O)OCCOc1ccc(C=CCN(CC)CC)cc1. The first-order chi connectivity index (χ1) is 10.7. The second kappa shape index (κ2) is 10.6. The minimum absolute atomic E-state index is 0.219. The molecule has 4 heteroatoms. The molecule has 0 fully saturated rings. The molecule has 1 aromatic rings. The van der Waals surface area contributed by atoms with E-state index in [9.17, 15) is 4.79 Å². The smallest absolute Gasteiger partial charge is 0.330 e. The number of carbonyl (C=O) groups is 1. The van der Waals surface area contributed by atoms with Crippen molar-refractivity contribution in [1.82, 2.24) is 4.90 Å². The van der Waals surface area contributed by atoms with Crippen LogP contribution in [-0.4, -0.2) is 43.7 Å². The minimum Gasteiger partial charge on any atom is -0.490 e. The number of likely N-dealkylation sites (N-methyl/N-ethyl adjacent to an activating group) is 1. The molecule has 0 aliphatic heterocycles. The van der Waals surface area contributed by atoms with E-state index in [0.717, 1.165) is 37.0 Å². The Morgan fingerprint density at radius 3 is 2.45 bits per heavy atom. The third kappa shape index (κ3) is 7.09. The van der Waals surface area contributed by atoms with E-state index in [1.54, 1.807) is 0 Å². The van der Waals surface area contributed by atoms with Crippen molar-refractivity contribution in [1.29, 1.82) is 0 Å². The molecule has 0 radical (unpaired) electrons. The Hall–Kier alpha value is -2.07. The number of carbonyl (C=O) groups excluding carboxylic acids is 1. The van der Waals surface area contributed by atoms with Crippen LogP contribution >= 0.6 is 0 Å². The Balaban J connectivity index is 2.34. The molecule has 1 aromatic carbocycles. The van der Waals surface area contributed by atoms with E-state index in [4.69, 9.17) is 9.47 Å². The van der Waals surface area contributed by atoms with Crippen LogP contribution in [0.2, 0.25) is 0 Å². The number of ether oxygens (including phenoxy) is 2. The first-order valence-electron chi connectivity index (χ1n) is 7.60. The summed E-state index contributed by atoms with van der Waals surface area (Å²) < 4.78 is 10.3. The maximum absolute atomic E-state index is 10.9. The molecular formula is C18H25NO3. The predicted molar refractivity (Wildman–Crippen MR) is 89.9 cm³/mol. The third-order valence-corrected chi connectivity index (χ3v) is 3.21. The van der Waals surface area contributed by atoms with Gasteiger partial charge in [0.15, 0.2) is 0 Å². The van der Waals surface area contributed by atoms with Crippen LogP contribution in [0.4, 0.5) is 0 Å². The van der Waals surface area contributed by atoms with Gasteiger partial charge in [0.05, 0.1) is 0 Å². The molecule has 1 rings (SSSR count). The van der Waals surface area contributed by atoms with E-state index in [0.29, 0.717) is 6.61 Å². The highest BCUT2D eigenvalue weighted by molar-refractivity contribution is 5.81. The summed E-state index contributed by atoms with van der Waals surface area (Å²) in [6.07, 6.45) is 5.41. The maximum atomic E-state index is 10.9. The first kappa shape index (κ1) is 18.0. The van der Waals surface area contributed by atoms with Crippen LogP contribution in [0.3, 0.4) is 0 Å². The Bertz CT molecular complexity index is 476. The zero-order chi connectivity index (χ0) is 16.2. The van der Waals surface area contributed by atoms with Crippen LogP contribution in [-0.2, 0) is 9.53 Å². The zero-order valence-corrected chi connectivity index (χ0v) is 13.5. The highest BCUT2D eigenvalue weighted by atomic mass is 16.6. The molecule has 0 amide bonds. The van der Waals surface area contributed by atoms with Crippen molar-refractivity contribution in [3.8, 4) is 5.75 Å². The van der Waals surface area contributed by atoms with E-state index >= 15 is 0 Å². The van der Waals surface area contributed by atoms with Crippen LogP contribution in [0.15, 0.2) is 43.0 Å². The topological polar surface area (TPSA) is 38.8 Å². The number of hydrogen-bond acceptors (Lipinski definition) is 4. The Kier molecular flexibility index (Phi) is 8.69. The lowest BCUT2D eigenvalue weighted by Crippen LogP contribution is -2.22. The van der Waals surface area contributed by atoms with Gasteiger partial charge in [0, 0.05) is 12.6 Å². The highest BCUT2D eigenvalue weighted by Crippen LogP contribution is 2.13. The molecule has 0 saturated heterocycles. The van der Waals surface area contributed by atoms with E-state index in [-0.39, 0.29) is 6.61 Å². The summed E-state index contributed by atoms with van der Waals surface area (Å²) in [7, 11) is 0. The lowest BCUT2D eigenvalue weighted by Gasteiger charge is -2.14. The largest absolute Gasteiger partial charge is 0.490 e. The standard InChI is InChI=1S/C18H25NO3/c1-4-18(20)22-15-14-21-17-11-9-16(10-12-17)8-7-13-19(5-2)6-3/h4,7-12H,1,5-6,13-15H2,2-3H3. The van der Waals surface area contributed by atoms with Gasteiger partial charge in [-0.1, -0.05) is 44.7 Å². The van der Waals surface area contributed by atoms with Crippen molar-refractivity contribution in [2.45, 2.75) is 13.8 Å². The monoisotopic (exact) mass is 303 g/mol. The lowest BCUT2D eigenvalue weighted by atomic mass is 10.2. The van der Waals surface area contributed by atoms with Crippen LogP contribution < -0.4 is 4.74 Å². The summed E-state index contributed by atoms with van der Waals surface area (Å²) in [4.78, 5) is 13.2. The Labute approximate surface area is 133 Å². The molecule has 0 bridgehead atoms. The second-order valence-corrected chi connectivity index (χ2v) is 4.68. The van der Waals surface area contributed by atoms with Gasteiger partial charge in [-0.2, -0.15) is 0 Å². The molecule has 0 atom stereocenters. The van der Waals surface area contributed by atoms with Crippen molar-refractivity contribution in [2.75, 3.05) is 32.8 Å². The van der Waals surface area contributed by atoms with Gasteiger partial charge in [-0.3, -0.25) is 0 Å². The molecule has 0 spiro atoms. The average Bonchev–Trinajstić information content (AvgIpc) is 2.56. The molecule has 0 aliphatic rings. The van der Waals surface area contributed by atoms with Crippen molar-refractivity contribution < 1.29 is 14.3 Å². The van der Waals surface area contributed by atoms with Crippen molar-refractivity contribution in [3.63, 3.8) is 0 Å². The molecule has 120 valence electrons. The van der Waals surface area contributed by atoms with Gasteiger partial charge in [0.1, 0.15) is 19.0 Å². The van der Waals surface area contributed by atoms with E-state index in [1.807, 2.05) is 24.3 Å². The van der Waals surface area contributed by atoms with Gasteiger partial charge in [-0.15, -0.1) is 0 Å². The normalized spacial score (nSPS) is 10.9. The first-order valence-corrected chi connectivity index (χ1v) is 7.60. The fraction of sp³-hybridized carbons (Fsp3) is 0.389. The minimum atomic E-state index is -0.433. The van der Waals surface area contributed by atoms with Crippen molar-refractivity contribution >= 4 is 12.0 Å². The quantitative estimate of drug-likeness (QED) is 0.378. The molecular weight excluding hydrogens is 278 g/mol. The van der Waals surface area contributed by atoms with Gasteiger partial charge in [-0.25, -0.2) is 4.79 Å². The average molecular weight is 303 g/mol. The molecule has 0 heterocycles. The van der Waals surface area contributed by atoms with Gasteiger partial charge >= 0.3 is 5.97 Å². The number of rotatable bonds is 10. The van der Waals surface area contributed by atoms with Crippen LogP contribution in [0.25, 0.3) is 6.08 Å². The summed E-state index contributed by atoms with van der Waals surface area (Å²) in [5, 5.41) is 0. The van der Waals surface area contributed by atoms with E-state index < -0.39 is 5.97 Å². The highest BCUT2D eigenvalue weighted by Gasteiger charge is 1.97. The zero-order valence-electron chi connectivity index (χ0n) is 13.5. The fourth-order valence-corrected chi connectivity index (χ4v) is 1.86. The fourth-order valence-electron chi connectivity index (χ4n) is 1.86. The maximum Gasteiger partial charge on any atom is 0.330 e. The van der Waals surface area contributed by atoms with Gasteiger partial charge in [0.2, 0.25) is 0 Å². The number of hydrogen-bond donors (Lipinski definition) is 0. The molecule has 4 nitrogen and oxygen atoms in total. The molecule has 0 aliphatic carbocycles. The summed E-state index contributed by atoms with van der Waals surface area (Å²) >= 11 is 0. The number of esters is 1. The van der Waals surface area contributed by atoms with Gasteiger partial charge in [-0.05, 0) is 30.8 Å². The Morgan fingerprint density at radius 1 is 1.18 bits per heavy atom. The second-order valence-electron chi connectivity index (χ2n) is 4.68. The van der Waals surface area contributed by atoms with Gasteiger partial charge < -0.3 is 14.4 Å². The molecule has 0 N–H and O–H groups in total. The predicted octanol–water partition coefficient (Wildman–Crippen LogP) is 3.15. The molecule has 0 unspecified atom stereocenters. The van der Waals surface area contributed by atoms with Crippen LogP contribution in [0, 0.1) is 0 Å². The van der Waals surface area contributed by atoms with Gasteiger partial charge in [0.25, 0.3) is 0 Å². The summed E-state index contributed by atoms with van der Waals surface area (Å²) in [5.41, 5.74) is 1.14. The van der Waals surface area contributed by atoms with Crippen molar-refractivity contribution in [2.24, 2.45) is 0 Å². The third-order valence-electron chi connectivity index (χ3n) is 3.21. The van der Waals surface area contributed by atoms with Crippen LogP contribution in [0.1, 0.15) is 19.4 Å². The van der Waals surface area contributed by atoms with Crippen molar-refractivity contribution in [3.05, 3.63) is 48.6 Å². The number of benzene rings is 1. The molecule has 0 aromatic heterocycles. The Morgan fingerprint density at radius 2 is 1.86 bits per heavy atom. The van der Waals surface area contributed by atoms with Crippen LogP contribution in [0.5, 0.6) is 5.75 Å². The number of nitrogens with zero attached hydrogens (tertiary/aromatic N) is 1. The van der Waals surface area contributed by atoms with E-state index in [2.05, 4.69) is 37.5 Å². The molecule has 22 heavy (non-hydrogen) atoms. The lowest BCUT2D eigenvalue weighted by molar-refractivity contribution is -0.138. The summed E-state index contributed by atoms with van der Waals surface area (Å²) in [6.45, 7) is 11.3. The summed E-state index contributed by atoms with van der Waals surface area (Å²) in [5.74, 6) is 0.327. The summed E-state index contributed by atoms with van der Waals surface area (Å²) in [6, 6.07) is 7.83.